The average Bonchev–Trinajstić information content (AvgIpc) is 2.78. The van der Waals surface area contributed by atoms with Crippen LogP contribution in [0.3, 0.4) is 0 Å². The molecule has 3 N–H and O–H groups in total. The minimum atomic E-state index is -0.438. The van der Waals surface area contributed by atoms with E-state index in [9.17, 15) is 4.79 Å². The Morgan fingerprint density at radius 2 is 2.16 bits per heavy atom. The van der Waals surface area contributed by atoms with Crippen LogP contribution in [0.15, 0.2) is 12.5 Å². The second kappa shape index (κ2) is 7.78. The molecule has 0 saturated heterocycles. The maximum atomic E-state index is 11.3. The number of ether oxygens (including phenoxy) is 1. The van der Waals surface area contributed by atoms with Gasteiger partial charge in [0.2, 0.25) is 0 Å². The first-order chi connectivity index (χ1) is 8.97. The molecule has 0 radical (unpaired) electrons. The van der Waals surface area contributed by atoms with Gasteiger partial charge in [-0.15, -0.1) is 0 Å². The number of rotatable bonds is 7. The van der Waals surface area contributed by atoms with Crippen molar-refractivity contribution in [1.82, 2.24) is 20.6 Å². The average molecular weight is 268 g/mol. The fourth-order valence-corrected chi connectivity index (χ4v) is 1.49. The van der Waals surface area contributed by atoms with E-state index in [0.717, 1.165) is 31.6 Å². The molecule has 0 bridgehead atoms. The van der Waals surface area contributed by atoms with Crippen LogP contribution in [0, 0.1) is 0 Å². The van der Waals surface area contributed by atoms with Crippen LogP contribution in [0.4, 0.5) is 4.79 Å². The molecule has 6 nitrogen and oxygen atoms in total. The van der Waals surface area contributed by atoms with E-state index in [-0.39, 0.29) is 6.09 Å². The lowest BCUT2D eigenvalue weighted by atomic mass is 10.2. The highest BCUT2D eigenvalue weighted by molar-refractivity contribution is 5.67. The molecular formula is C13H24N4O2. The third-order valence-corrected chi connectivity index (χ3v) is 2.32. The number of aromatic nitrogens is 2. The van der Waals surface area contributed by atoms with Gasteiger partial charge < -0.3 is 20.4 Å². The van der Waals surface area contributed by atoms with E-state index < -0.39 is 5.60 Å². The van der Waals surface area contributed by atoms with Crippen LogP contribution in [0.25, 0.3) is 0 Å². The van der Waals surface area contributed by atoms with Crippen LogP contribution < -0.4 is 10.6 Å². The molecule has 1 aromatic rings. The number of hydrogen-bond donors (Lipinski definition) is 3. The molecule has 0 fully saturated rings. The normalized spacial score (nSPS) is 11.3. The molecule has 1 rings (SSSR count). The Kier molecular flexibility index (Phi) is 6.35. The number of imidazole rings is 1. The second-order valence-corrected chi connectivity index (χ2v) is 5.36. The summed E-state index contributed by atoms with van der Waals surface area (Å²) in [6.07, 6.45) is 4.96. The molecule has 108 valence electrons. The summed E-state index contributed by atoms with van der Waals surface area (Å²) in [4.78, 5) is 18.3. The quantitative estimate of drug-likeness (QED) is 0.654. The number of carbonyl (C=O) groups excluding carboxylic acids is 1. The summed E-state index contributed by atoms with van der Waals surface area (Å²) in [5, 5.41) is 6.03. The van der Waals surface area contributed by atoms with E-state index >= 15 is 0 Å². The molecule has 0 aliphatic carbocycles. The molecule has 19 heavy (non-hydrogen) atoms. The zero-order valence-electron chi connectivity index (χ0n) is 12.0. The van der Waals surface area contributed by atoms with Crippen molar-refractivity contribution < 1.29 is 9.53 Å². The largest absolute Gasteiger partial charge is 0.444 e. The van der Waals surface area contributed by atoms with Crippen LogP contribution in [-0.2, 0) is 11.2 Å². The molecular weight excluding hydrogens is 244 g/mol. The standard InChI is InChI=1S/C13H24N4O2/c1-13(2,3)19-12(18)16-7-4-6-14-8-5-11-9-15-10-17-11/h9-10,14H,4-8H2,1-3H3,(H,15,17)(H,16,18). The molecule has 0 aliphatic heterocycles. The molecule has 6 heteroatoms. The third kappa shape index (κ3) is 8.20. The van der Waals surface area contributed by atoms with Crippen molar-refractivity contribution in [3.05, 3.63) is 18.2 Å². The smallest absolute Gasteiger partial charge is 0.407 e. The Bertz CT molecular complexity index is 357. The topological polar surface area (TPSA) is 79.0 Å². The minimum absolute atomic E-state index is 0.357. The molecule has 1 aromatic heterocycles. The van der Waals surface area contributed by atoms with Crippen molar-refractivity contribution in [2.45, 2.75) is 39.2 Å². The van der Waals surface area contributed by atoms with Gasteiger partial charge in [-0.2, -0.15) is 0 Å². The predicted molar refractivity (Wildman–Crippen MR) is 74.0 cm³/mol. The minimum Gasteiger partial charge on any atom is -0.444 e. The second-order valence-electron chi connectivity index (χ2n) is 5.36. The fraction of sp³-hybridized carbons (Fsp3) is 0.692. The number of aromatic amines is 1. The highest BCUT2D eigenvalue weighted by atomic mass is 16.6. The van der Waals surface area contributed by atoms with Crippen molar-refractivity contribution >= 4 is 6.09 Å². The Balaban J connectivity index is 1.92. The van der Waals surface area contributed by atoms with Gasteiger partial charge in [0.25, 0.3) is 0 Å². The molecule has 0 spiro atoms. The SMILES string of the molecule is CC(C)(C)OC(=O)NCCCNCCc1cnc[nH]1. The van der Waals surface area contributed by atoms with Gasteiger partial charge in [0.15, 0.2) is 0 Å². The lowest BCUT2D eigenvalue weighted by molar-refractivity contribution is 0.0527. The van der Waals surface area contributed by atoms with Gasteiger partial charge in [-0.1, -0.05) is 0 Å². The van der Waals surface area contributed by atoms with E-state index in [1.165, 1.54) is 0 Å². The molecule has 0 aliphatic rings. The van der Waals surface area contributed by atoms with Crippen LogP contribution in [-0.4, -0.2) is 41.3 Å². The van der Waals surface area contributed by atoms with Crippen molar-refractivity contribution in [3.8, 4) is 0 Å². The molecule has 1 amide bonds. The van der Waals surface area contributed by atoms with Crippen LogP contribution in [0.2, 0.25) is 0 Å². The first-order valence-corrected chi connectivity index (χ1v) is 6.62. The highest BCUT2D eigenvalue weighted by Gasteiger charge is 2.15. The summed E-state index contributed by atoms with van der Waals surface area (Å²) in [6.45, 7) is 7.93. The Morgan fingerprint density at radius 3 is 2.79 bits per heavy atom. The van der Waals surface area contributed by atoms with Gasteiger partial charge >= 0.3 is 6.09 Å². The molecule has 0 saturated carbocycles. The van der Waals surface area contributed by atoms with Crippen LogP contribution in [0.5, 0.6) is 0 Å². The van der Waals surface area contributed by atoms with E-state index in [4.69, 9.17) is 4.74 Å². The highest BCUT2D eigenvalue weighted by Crippen LogP contribution is 2.06. The van der Waals surface area contributed by atoms with Gasteiger partial charge in [0, 0.05) is 31.4 Å². The zero-order valence-corrected chi connectivity index (χ0v) is 12.0. The molecule has 0 unspecified atom stereocenters. The summed E-state index contributed by atoms with van der Waals surface area (Å²) in [7, 11) is 0. The lowest BCUT2D eigenvalue weighted by Gasteiger charge is -2.19. The molecule has 0 atom stereocenters. The van der Waals surface area contributed by atoms with Crippen molar-refractivity contribution in [2.24, 2.45) is 0 Å². The third-order valence-electron chi connectivity index (χ3n) is 2.32. The van der Waals surface area contributed by atoms with Gasteiger partial charge in [0.05, 0.1) is 6.33 Å². The lowest BCUT2D eigenvalue weighted by Crippen LogP contribution is -2.34. The fourth-order valence-electron chi connectivity index (χ4n) is 1.49. The van der Waals surface area contributed by atoms with E-state index in [2.05, 4.69) is 20.6 Å². The van der Waals surface area contributed by atoms with Crippen molar-refractivity contribution in [2.75, 3.05) is 19.6 Å². The molecule has 0 aromatic carbocycles. The maximum Gasteiger partial charge on any atom is 0.407 e. The van der Waals surface area contributed by atoms with E-state index in [1.54, 1.807) is 6.33 Å². The van der Waals surface area contributed by atoms with Crippen molar-refractivity contribution in [3.63, 3.8) is 0 Å². The van der Waals surface area contributed by atoms with Gasteiger partial charge in [-0.25, -0.2) is 9.78 Å². The number of carbonyl (C=O) groups is 1. The number of H-pyrrole nitrogens is 1. The first kappa shape index (κ1) is 15.5. The monoisotopic (exact) mass is 268 g/mol. The summed E-state index contributed by atoms with van der Waals surface area (Å²) in [6, 6.07) is 0. The van der Waals surface area contributed by atoms with E-state index in [0.29, 0.717) is 6.54 Å². The summed E-state index contributed by atoms with van der Waals surface area (Å²) in [5.74, 6) is 0. The Labute approximate surface area is 114 Å². The van der Waals surface area contributed by atoms with E-state index in [1.807, 2.05) is 27.0 Å². The van der Waals surface area contributed by atoms with Crippen LogP contribution in [0.1, 0.15) is 32.9 Å². The maximum absolute atomic E-state index is 11.3. The number of amides is 1. The predicted octanol–water partition coefficient (Wildman–Crippen LogP) is 1.46. The molecule has 1 heterocycles. The Morgan fingerprint density at radius 1 is 1.37 bits per heavy atom. The van der Waals surface area contributed by atoms with Gasteiger partial charge in [-0.05, 0) is 33.7 Å². The zero-order chi connectivity index (χ0) is 14.1. The first-order valence-electron chi connectivity index (χ1n) is 6.62. The number of alkyl carbamates (subject to hydrolysis) is 1. The summed E-state index contributed by atoms with van der Waals surface area (Å²) < 4.78 is 5.13. The number of nitrogens with zero attached hydrogens (tertiary/aromatic N) is 1. The van der Waals surface area contributed by atoms with Crippen LogP contribution >= 0.6 is 0 Å². The number of hydrogen-bond acceptors (Lipinski definition) is 4. The Hall–Kier alpha value is -1.56. The van der Waals surface area contributed by atoms with Gasteiger partial charge in [-0.3, -0.25) is 0 Å². The summed E-state index contributed by atoms with van der Waals surface area (Å²) in [5.41, 5.74) is 0.686. The number of nitrogens with one attached hydrogen (secondary N) is 3. The van der Waals surface area contributed by atoms with Crippen molar-refractivity contribution in [1.29, 1.82) is 0 Å². The summed E-state index contributed by atoms with van der Waals surface area (Å²) >= 11 is 0. The van der Waals surface area contributed by atoms with Gasteiger partial charge in [0.1, 0.15) is 5.60 Å².